The number of halogens is 2. The Balaban J connectivity index is 1.38. The Bertz CT molecular complexity index is 1710. The van der Waals surface area contributed by atoms with Gasteiger partial charge in [0.15, 0.2) is 9.84 Å². The molecule has 3 aromatic rings. The highest BCUT2D eigenvalue weighted by Crippen LogP contribution is 2.51. The number of nitrogens with one attached hydrogen (secondary N) is 2. The maximum atomic E-state index is 14.2. The summed E-state index contributed by atoms with van der Waals surface area (Å²) in [7, 11) is -4.05. The standard InChI is InChI=1S/C33H33Cl2N3O6S/c1-2-26(29(39)31(41)36-19-21-8-4-3-5-9-21)37-30(40)27-18-24(45(43,44)28-11-7-6-10-25(28)35)20-38(27)32(42)33(16-17-33)22-12-14-23(34)15-13-22/h3-15,24,26-27H,2,16-20H2,1H3,(H,36,41)(H,37,40)/t24-,26+,27+/m1/s1. The fraction of sp³-hybridized carbons (Fsp3) is 0.333. The molecule has 1 saturated carbocycles. The minimum atomic E-state index is -4.05. The highest BCUT2D eigenvalue weighted by atomic mass is 35.5. The van der Waals surface area contributed by atoms with Crippen molar-refractivity contribution in [1.82, 2.24) is 15.5 Å². The van der Waals surface area contributed by atoms with Crippen molar-refractivity contribution in [2.24, 2.45) is 0 Å². The molecule has 236 valence electrons. The second kappa shape index (κ2) is 13.3. The van der Waals surface area contributed by atoms with Crippen molar-refractivity contribution in [1.29, 1.82) is 0 Å². The van der Waals surface area contributed by atoms with Gasteiger partial charge in [0.1, 0.15) is 6.04 Å². The van der Waals surface area contributed by atoms with Gasteiger partial charge < -0.3 is 15.5 Å². The lowest BCUT2D eigenvalue weighted by Crippen LogP contribution is -2.54. The average molecular weight is 671 g/mol. The van der Waals surface area contributed by atoms with Crippen molar-refractivity contribution in [3.05, 3.63) is 100 Å². The zero-order valence-corrected chi connectivity index (χ0v) is 26.9. The molecule has 3 atom stereocenters. The molecule has 3 aromatic carbocycles. The van der Waals surface area contributed by atoms with E-state index in [4.69, 9.17) is 23.2 Å². The van der Waals surface area contributed by atoms with Gasteiger partial charge in [0.2, 0.25) is 17.6 Å². The van der Waals surface area contributed by atoms with Crippen LogP contribution in [0.25, 0.3) is 0 Å². The van der Waals surface area contributed by atoms with E-state index >= 15 is 0 Å². The molecule has 1 aliphatic carbocycles. The molecule has 1 saturated heterocycles. The summed E-state index contributed by atoms with van der Waals surface area (Å²) in [5.41, 5.74) is 0.616. The molecule has 0 aromatic heterocycles. The monoisotopic (exact) mass is 669 g/mol. The Labute approximate surface area is 272 Å². The van der Waals surface area contributed by atoms with Gasteiger partial charge in [-0.25, -0.2) is 8.42 Å². The van der Waals surface area contributed by atoms with Crippen molar-refractivity contribution < 1.29 is 27.6 Å². The number of hydrogen-bond donors (Lipinski definition) is 2. The van der Waals surface area contributed by atoms with Gasteiger partial charge in [0.05, 0.1) is 26.6 Å². The van der Waals surface area contributed by atoms with E-state index in [-0.39, 0.29) is 41.8 Å². The highest BCUT2D eigenvalue weighted by Gasteiger charge is 2.57. The van der Waals surface area contributed by atoms with Crippen LogP contribution >= 0.6 is 23.2 Å². The van der Waals surface area contributed by atoms with Crippen LogP contribution in [0, 0.1) is 0 Å². The molecule has 2 fully saturated rings. The summed E-state index contributed by atoms with van der Waals surface area (Å²) in [5, 5.41) is 4.64. The summed E-state index contributed by atoms with van der Waals surface area (Å²) >= 11 is 12.3. The van der Waals surface area contributed by atoms with Gasteiger partial charge in [0.25, 0.3) is 5.91 Å². The maximum absolute atomic E-state index is 14.2. The summed E-state index contributed by atoms with van der Waals surface area (Å²) in [6.45, 7) is 1.55. The van der Waals surface area contributed by atoms with E-state index in [1.807, 2.05) is 18.2 Å². The fourth-order valence-corrected chi connectivity index (χ4v) is 8.13. The Kier molecular flexibility index (Phi) is 9.67. The summed E-state index contributed by atoms with van der Waals surface area (Å²) in [6.07, 6.45) is 0.961. The van der Waals surface area contributed by atoms with Gasteiger partial charge in [-0.1, -0.05) is 84.7 Å². The first-order valence-electron chi connectivity index (χ1n) is 14.7. The van der Waals surface area contributed by atoms with Gasteiger partial charge in [-0.2, -0.15) is 0 Å². The number of likely N-dealkylation sites (tertiary alicyclic amines) is 1. The first kappa shape index (κ1) is 32.7. The van der Waals surface area contributed by atoms with E-state index in [9.17, 15) is 27.6 Å². The van der Waals surface area contributed by atoms with Gasteiger partial charge in [0, 0.05) is 18.1 Å². The van der Waals surface area contributed by atoms with Crippen LogP contribution in [0.5, 0.6) is 0 Å². The van der Waals surface area contributed by atoms with Crippen molar-refractivity contribution in [3.63, 3.8) is 0 Å². The third-order valence-corrected chi connectivity index (χ3v) is 11.4. The summed E-state index contributed by atoms with van der Waals surface area (Å²) in [6, 6.07) is 19.6. The summed E-state index contributed by atoms with van der Waals surface area (Å²) in [5.74, 6) is -2.77. The van der Waals surface area contributed by atoms with E-state index in [1.165, 1.54) is 17.0 Å². The van der Waals surface area contributed by atoms with Crippen LogP contribution in [0.1, 0.15) is 43.7 Å². The average Bonchev–Trinajstić information content (AvgIpc) is 3.72. The molecule has 2 N–H and O–H groups in total. The van der Waals surface area contributed by atoms with Crippen molar-refractivity contribution >= 4 is 56.5 Å². The lowest BCUT2D eigenvalue weighted by Gasteiger charge is -2.29. The number of rotatable bonds is 11. The first-order chi connectivity index (χ1) is 21.5. The van der Waals surface area contributed by atoms with Crippen LogP contribution in [0.15, 0.2) is 83.8 Å². The number of amides is 3. The Morgan fingerprint density at radius 3 is 2.20 bits per heavy atom. The van der Waals surface area contributed by atoms with Gasteiger partial charge in [-0.3, -0.25) is 19.2 Å². The highest BCUT2D eigenvalue weighted by molar-refractivity contribution is 7.92. The van der Waals surface area contributed by atoms with Crippen LogP contribution in [-0.2, 0) is 41.0 Å². The van der Waals surface area contributed by atoms with Crippen molar-refractivity contribution in [3.8, 4) is 0 Å². The second-order valence-electron chi connectivity index (χ2n) is 11.4. The molecule has 2 aliphatic rings. The molecule has 0 unspecified atom stereocenters. The number of sulfone groups is 1. The molecule has 5 rings (SSSR count). The quantitative estimate of drug-likeness (QED) is 0.294. The van der Waals surface area contributed by atoms with Crippen LogP contribution in [0.4, 0.5) is 0 Å². The molecule has 3 amide bonds. The molecule has 1 aliphatic heterocycles. The minimum Gasteiger partial charge on any atom is -0.345 e. The predicted molar refractivity (Wildman–Crippen MR) is 170 cm³/mol. The van der Waals surface area contributed by atoms with Crippen molar-refractivity contribution in [2.45, 2.75) is 66.8 Å². The number of carbonyl (C=O) groups excluding carboxylic acids is 4. The topological polar surface area (TPSA) is 130 Å². The first-order valence-corrected chi connectivity index (χ1v) is 17.0. The largest absolute Gasteiger partial charge is 0.345 e. The number of nitrogens with zero attached hydrogens (tertiary/aromatic N) is 1. The molecule has 12 heteroatoms. The zero-order chi connectivity index (χ0) is 32.4. The van der Waals surface area contributed by atoms with Crippen LogP contribution in [-0.4, -0.2) is 60.7 Å². The zero-order valence-electron chi connectivity index (χ0n) is 24.5. The van der Waals surface area contributed by atoms with Crippen molar-refractivity contribution in [2.75, 3.05) is 6.54 Å². The number of carbonyl (C=O) groups is 4. The number of benzene rings is 3. The van der Waals surface area contributed by atoms with Crippen LogP contribution < -0.4 is 10.6 Å². The van der Waals surface area contributed by atoms with Gasteiger partial charge in [-0.05, 0) is 61.1 Å². The fourth-order valence-electron chi connectivity index (χ4n) is 5.79. The van der Waals surface area contributed by atoms with E-state index in [0.29, 0.717) is 17.9 Å². The second-order valence-corrected chi connectivity index (χ2v) is 14.4. The van der Waals surface area contributed by atoms with Gasteiger partial charge >= 0.3 is 0 Å². The molecule has 0 radical (unpaired) electrons. The normalized spacial score (nSPS) is 19.4. The SMILES string of the molecule is CC[C@H](NC(=O)[C@@H]1C[C@@H](S(=O)(=O)c2ccccc2Cl)CN1C(=O)C1(c2ccc(Cl)cc2)CC1)C(=O)C(=O)NCc1ccccc1. The number of hydrogen-bond acceptors (Lipinski definition) is 6. The summed E-state index contributed by atoms with van der Waals surface area (Å²) in [4.78, 5) is 55.0. The van der Waals surface area contributed by atoms with E-state index in [1.54, 1.807) is 55.5 Å². The lowest BCUT2D eigenvalue weighted by atomic mass is 9.94. The Hall–Kier alpha value is -3.73. The molecule has 9 nitrogen and oxygen atoms in total. The molecule has 45 heavy (non-hydrogen) atoms. The Morgan fingerprint density at radius 2 is 1.58 bits per heavy atom. The molecule has 1 heterocycles. The molecular weight excluding hydrogens is 637 g/mol. The van der Waals surface area contributed by atoms with E-state index in [0.717, 1.165) is 11.1 Å². The maximum Gasteiger partial charge on any atom is 0.289 e. The van der Waals surface area contributed by atoms with Crippen LogP contribution in [0.3, 0.4) is 0 Å². The van der Waals surface area contributed by atoms with E-state index in [2.05, 4.69) is 10.6 Å². The smallest absolute Gasteiger partial charge is 0.289 e. The predicted octanol–water partition coefficient (Wildman–Crippen LogP) is 4.25. The number of ketones is 1. The summed E-state index contributed by atoms with van der Waals surface area (Å²) < 4.78 is 27.5. The van der Waals surface area contributed by atoms with Crippen LogP contribution in [0.2, 0.25) is 10.0 Å². The third-order valence-electron chi connectivity index (χ3n) is 8.53. The van der Waals surface area contributed by atoms with Gasteiger partial charge in [-0.15, -0.1) is 0 Å². The lowest BCUT2D eigenvalue weighted by molar-refractivity contribution is -0.143. The molecular formula is C33H33Cl2N3O6S. The minimum absolute atomic E-state index is 0.0428. The van der Waals surface area contributed by atoms with E-state index < -0.39 is 50.2 Å². The molecule has 0 spiro atoms. The Morgan fingerprint density at radius 1 is 0.933 bits per heavy atom. The number of Topliss-reactive ketones (excluding diaryl/α,β-unsaturated/α-hetero) is 1. The third kappa shape index (κ3) is 6.78. The molecule has 0 bridgehead atoms.